The molecule has 2 heterocycles. The van der Waals surface area contributed by atoms with Crippen LogP contribution in [0.3, 0.4) is 0 Å². The number of hydrogen-bond donors (Lipinski definition) is 1. The second-order valence-electron chi connectivity index (χ2n) is 5.88. The Morgan fingerprint density at radius 3 is 2.96 bits per heavy atom. The van der Waals surface area contributed by atoms with Crippen LogP contribution in [-0.4, -0.2) is 21.4 Å². The Morgan fingerprint density at radius 2 is 2.17 bits per heavy atom. The summed E-state index contributed by atoms with van der Waals surface area (Å²) in [6.07, 6.45) is 2.47. The zero-order valence-electron chi connectivity index (χ0n) is 13.0. The summed E-state index contributed by atoms with van der Waals surface area (Å²) in [7, 11) is 0. The van der Waals surface area contributed by atoms with Gasteiger partial charge in [-0.25, -0.2) is 4.98 Å². The van der Waals surface area contributed by atoms with Gasteiger partial charge in [0.25, 0.3) is 5.56 Å². The van der Waals surface area contributed by atoms with E-state index >= 15 is 0 Å². The third-order valence-electron chi connectivity index (χ3n) is 4.09. The first-order valence-corrected chi connectivity index (χ1v) is 8.59. The molecule has 1 N–H and O–H groups in total. The average molecular weight is 352 g/mol. The van der Waals surface area contributed by atoms with Crippen LogP contribution in [0.25, 0.3) is 0 Å². The van der Waals surface area contributed by atoms with Crippen molar-refractivity contribution in [1.29, 1.82) is 0 Å². The number of hydrogen-bond acceptors (Lipinski definition) is 3. The van der Waals surface area contributed by atoms with E-state index in [0.29, 0.717) is 29.6 Å². The maximum absolute atomic E-state index is 12.2. The molecule has 0 atom stereocenters. The maximum Gasteiger partial charge on any atom is 0.254 e. The monoisotopic (exact) mass is 351 g/mol. The van der Waals surface area contributed by atoms with Crippen molar-refractivity contribution >= 4 is 23.2 Å². The van der Waals surface area contributed by atoms with Crippen molar-refractivity contribution in [2.75, 3.05) is 6.54 Å². The van der Waals surface area contributed by atoms with Crippen LogP contribution in [0.15, 0.2) is 23.0 Å². The van der Waals surface area contributed by atoms with Crippen molar-refractivity contribution in [2.24, 2.45) is 0 Å². The summed E-state index contributed by atoms with van der Waals surface area (Å²) in [5, 5.41) is 1.40. The Balaban J connectivity index is 1.82. The fourth-order valence-electron chi connectivity index (χ4n) is 2.94. The highest BCUT2D eigenvalue weighted by molar-refractivity contribution is 6.33. The van der Waals surface area contributed by atoms with E-state index in [2.05, 4.69) is 21.8 Å². The van der Waals surface area contributed by atoms with Gasteiger partial charge in [0.2, 0.25) is 0 Å². The minimum absolute atomic E-state index is 0.0129. The van der Waals surface area contributed by atoms with E-state index in [1.54, 1.807) is 6.07 Å². The highest BCUT2D eigenvalue weighted by Crippen LogP contribution is 2.24. The minimum atomic E-state index is 0.0129. The molecule has 0 unspecified atom stereocenters. The summed E-state index contributed by atoms with van der Waals surface area (Å²) in [6.45, 7) is 4.26. The van der Waals surface area contributed by atoms with E-state index in [-0.39, 0.29) is 5.56 Å². The third kappa shape index (κ3) is 3.77. The van der Waals surface area contributed by atoms with Crippen molar-refractivity contribution in [3.63, 3.8) is 0 Å². The molecular weight excluding hydrogens is 333 g/mol. The van der Waals surface area contributed by atoms with Crippen LogP contribution >= 0.6 is 23.2 Å². The number of H-pyrrole nitrogens is 1. The molecule has 0 amide bonds. The molecule has 4 nitrogen and oxygen atoms in total. The number of aromatic nitrogens is 2. The highest BCUT2D eigenvalue weighted by atomic mass is 35.5. The largest absolute Gasteiger partial charge is 0.310 e. The first-order chi connectivity index (χ1) is 11.1. The SMILES string of the molecule is CCCc1nc2c(c(=O)[nH]1)CCN(Cc1cc(Cl)ccc1Cl)C2. The van der Waals surface area contributed by atoms with Crippen molar-refractivity contribution in [3.05, 3.63) is 61.2 Å². The van der Waals surface area contributed by atoms with Crippen molar-refractivity contribution in [1.82, 2.24) is 14.9 Å². The summed E-state index contributed by atoms with van der Waals surface area (Å²) in [5.74, 6) is 0.777. The standard InChI is InChI=1S/C17H19Cl2N3O/c1-2-3-16-20-15-10-22(7-6-13(15)17(23)21-16)9-11-8-12(18)4-5-14(11)19/h4-5,8H,2-3,6-7,9-10H2,1H3,(H,20,21,23). The Labute approximate surface area is 145 Å². The Bertz CT molecular complexity index is 773. The second kappa shape index (κ2) is 7.04. The highest BCUT2D eigenvalue weighted by Gasteiger charge is 2.21. The van der Waals surface area contributed by atoms with Gasteiger partial charge in [-0.3, -0.25) is 9.69 Å². The predicted octanol–water partition coefficient (Wildman–Crippen LogP) is 3.59. The van der Waals surface area contributed by atoms with Crippen LogP contribution in [0.2, 0.25) is 10.0 Å². The van der Waals surface area contributed by atoms with Gasteiger partial charge in [0.1, 0.15) is 5.82 Å². The van der Waals surface area contributed by atoms with Gasteiger partial charge < -0.3 is 4.98 Å². The molecule has 0 bridgehead atoms. The lowest BCUT2D eigenvalue weighted by Crippen LogP contribution is -2.35. The van der Waals surface area contributed by atoms with Gasteiger partial charge in [0.05, 0.1) is 5.69 Å². The Hall–Kier alpha value is -1.36. The summed E-state index contributed by atoms with van der Waals surface area (Å²) in [4.78, 5) is 22.0. The summed E-state index contributed by atoms with van der Waals surface area (Å²) < 4.78 is 0. The summed E-state index contributed by atoms with van der Waals surface area (Å²) in [5.41, 5.74) is 2.72. The molecule has 0 radical (unpaired) electrons. The number of benzene rings is 1. The fraction of sp³-hybridized carbons (Fsp3) is 0.412. The van der Waals surface area contributed by atoms with E-state index in [4.69, 9.17) is 23.2 Å². The molecule has 1 aliphatic rings. The lowest BCUT2D eigenvalue weighted by atomic mass is 10.1. The molecular formula is C17H19Cl2N3O. The number of aryl methyl sites for hydroxylation is 1. The number of fused-ring (bicyclic) bond motifs is 1. The van der Waals surface area contributed by atoms with Gasteiger partial charge in [-0.2, -0.15) is 0 Å². The third-order valence-corrected chi connectivity index (χ3v) is 4.69. The molecule has 23 heavy (non-hydrogen) atoms. The molecule has 1 aromatic heterocycles. The van der Waals surface area contributed by atoms with E-state index in [9.17, 15) is 4.79 Å². The smallest absolute Gasteiger partial charge is 0.254 e. The van der Waals surface area contributed by atoms with Gasteiger partial charge in [-0.05, 0) is 36.6 Å². The fourth-order valence-corrected chi connectivity index (χ4v) is 3.31. The van der Waals surface area contributed by atoms with Gasteiger partial charge in [-0.1, -0.05) is 30.1 Å². The average Bonchev–Trinajstić information content (AvgIpc) is 2.51. The number of rotatable bonds is 4. The normalized spacial score (nSPS) is 14.7. The van der Waals surface area contributed by atoms with E-state index < -0.39 is 0 Å². The first-order valence-electron chi connectivity index (χ1n) is 7.84. The van der Waals surface area contributed by atoms with E-state index in [1.165, 1.54) is 0 Å². The van der Waals surface area contributed by atoms with Gasteiger partial charge in [-0.15, -0.1) is 0 Å². The van der Waals surface area contributed by atoms with Gasteiger partial charge in [0.15, 0.2) is 0 Å². The maximum atomic E-state index is 12.2. The Morgan fingerprint density at radius 1 is 1.35 bits per heavy atom. The summed E-state index contributed by atoms with van der Waals surface area (Å²) in [6, 6.07) is 5.50. The molecule has 1 aliphatic heterocycles. The summed E-state index contributed by atoms with van der Waals surface area (Å²) >= 11 is 12.3. The first kappa shape index (κ1) is 16.5. The molecule has 6 heteroatoms. The number of nitrogens with one attached hydrogen (secondary N) is 1. The molecule has 0 saturated heterocycles. The molecule has 0 aliphatic carbocycles. The van der Waals surface area contributed by atoms with Crippen LogP contribution in [0, 0.1) is 0 Å². The zero-order chi connectivity index (χ0) is 16.4. The molecule has 122 valence electrons. The quantitative estimate of drug-likeness (QED) is 0.915. The topological polar surface area (TPSA) is 49.0 Å². The number of nitrogens with zero attached hydrogens (tertiary/aromatic N) is 2. The minimum Gasteiger partial charge on any atom is -0.310 e. The predicted molar refractivity (Wildman–Crippen MR) is 93.1 cm³/mol. The van der Waals surface area contributed by atoms with Gasteiger partial charge in [0, 0.05) is 41.7 Å². The van der Waals surface area contributed by atoms with Crippen LogP contribution in [0.5, 0.6) is 0 Å². The number of aromatic amines is 1. The molecule has 1 aromatic carbocycles. The van der Waals surface area contributed by atoms with Crippen LogP contribution < -0.4 is 5.56 Å². The molecule has 3 rings (SSSR count). The Kier molecular flexibility index (Phi) is 5.05. The zero-order valence-corrected chi connectivity index (χ0v) is 14.5. The molecule has 0 saturated carbocycles. The van der Waals surface area contributed by atoms with E-state index in [0.717, 1.165) is 42.0 Å². The second-order valence-corrected chi connectivity index (χ2v) is 6.73. The van der Waals surface area contributed by atoms with Crippen LogP contribution in [0.1, 0.15) is 36.0 Å². The molecule has 2 aromatic rings. The lowest BCUT2D eigenvalue weighted by Gasteiger charge is -2.28. The number of halogens is 2. The lowest BCUT2D eigenvalue weighted by molar-refractivity contribution is 0.240. The van der Waals surface area contributed by atoms with Crippen molar-refractivity contribution in [2.45, 2.75) is 39.3 Å². The van der Waals surface area contributed by atoms with Crippen molar-refractivity contribution in [3.8, 4) is 0 Å². The van der Waals surface area contributed by atoms with Crippen LogP contribution in [-0.2, 0) is 25.9 Å². The van der Waals surface area contributed by atoms with Crippen molar-refractivity contribution < 1.29 is 0 Å². The molecule has 0 spiro atoms. The van der Waals surface area contributed by atoms with Gasteiger partial charge >= 0.3 is 0 Å². The molecule has 0 fully saturated rings. The van der Waals surface area contributed by atoms with E-state index in [1.807, 2.05) is 12.1 Å². The van der Waals surface area contributed by atoms with Crippen LogP contribution in [0.4, 0.5) is 0 Å².